The van der Waals surface area contributed by atoms with Gasteiger partial charge in [-0.2, -0.15) is 0 Å². The molecule has 0 saturated carbocycles. The number of benzene rings is 2. The Labute approximate surface area is 161 Å². The lowest BCUT2D eigenvalue weighted by molar-refractivity contribution is -0.141. The summed E-state index contributed by atoms with van der Waals surface area (Å²) >= 11 is 0. The Morgan fingerprint density at radius 3 is 2.68 bits per heavy atom. The molecule has 2 amide bonds. The quantitative estimate of drug-likeness (QED) is 0.611. The van der Waals surface area contributed by atoms with Crippen LogP contribution in [0.2, 0.25) is 0 Å². The van der Waals surface area contributed by atoms with Crippen LogP contribution in [-0.4, -0.2) is 45.4 Å². The predicted molar refractivity (Wildman–Crippen MR) is 103 cm³/mol. The van der Waals surface area contributed by atoms with Crippen molar-refractivity contribution in [1.29, 1.82) is 0 Å². The van der Waals surface area contributed by atoms with E-state index in [1.807, 2.05) is 36.4 Å². The second-order valence-electron chi connectivity index (χ2n) is 6.84. The fourth-order valence-electron chi connectivity index (χ4n) is 3.58. The molecule has 2 heterocycles. The highest BCUT2D eigenvalue weighted by molar-refractivity contribution is 6.00. The van der Waals surface area contributed by atoms with E-state index in [0.29, 0.717) is 12.1 Å². The number of rotatable bonds is 6. The molecule has 7 nitrogen and oxygen atoms in total. The normalized spacial score (nSPS) is 14.1. The van der Waals surface area contributed by atoms with E-state index in [1.54, 1.807) is 18.3 Å². The summed E-state index contributed by atoms with van der Waals surface area (Å²) in [5, 5.41) is 13.0. The van der Waals surface area contributed by atoms with Gasteiger partial charge in [0, 0.05) is 35.6 Å². The van der Waals surface area contributed by atoms with Crippen LogP contribution in [0.3, 0.4) is 0 Å². The predicted octanol–water partition coefficient (Wildman–Crippen LogP) is 1.94. The molecular formula is C21H19N3O4. The monoisotopic (exact) mass is 377 g/mol. The zero-order valence-corrected chi connectivity index (χ0v) is 15.0. The number of amides is 2. The molecule has 0 saturated heterocycles. The SMILES string of the molecule is O=C(CN1Cc2ccccc2C1=O)N[C@H](Cc1c[nH]c2ccccc12)C(=O)O. The molecule has 3 N–H and O–H groups in total. The molecule has 4 rings (SSSR count). The van der Waals surface area contributed by atoms with Crippen LogP contribution in [0.1, 0.15) is 21.5 Å². The highest BCUT2D eigenvalue weighted by Gasteiger charge is 2.29. The third-order valence-electron chi connectivity index (χ3n) is 4.96. The van der Waals surface area contributed by atoms with E-state index in [-0.39, 0.29) is 18.9 Å². The average molecular weight is 377 g/mol. The minimum atomic E-state index is -1.12. The molecular weight excluding hydrogens is 358 g/mol. The standard InChI is InChI=1S/C21H19N3O4/c25-19(12-24-11-13-5-1-2-7-16(13)20(24)26)23-18(21(27)28)9-14-10-22-17-8-4-3-6-15(14)17/h1-8,10,18,22H,9,11-12H2,(H,23,25)(H,27,28)/t18-/m1/s1. The van der Waals surface area contributed by atoms with Crippen molar-refractivity contribution < 1.29 is 19.5 Å². The summed E-state index contributed by atoms with van der Waals surface area (Å²) in [7, 11) is 0. The van der Waals surface area contributed by atoms with Gasteiger partial charge in [0.05, 0.1) is 0 Å². The van der Waals surface area contributed by atoms with Crippen LogP contribution >= 0.6 is 0 Å². The molecule has 0 fully saturated rings. The Kier molecular flexibility index (Phi) is 4.57. The number of carbonyl (C=O) groups excluding carboxylic acids is 2. The Morgan fingerprint density at radius 2 is 1.89 bits per heavy atom. The number of aromatic amines is 1. The minimum absolute atomic E-state index is 0.152. The number of hydrogen-bond donors (Lipinski definition) is 3. The molecule has 142 valence electrons. The number of carboxylic acids is 1. The maximum Gasteiger partial charge on any atom is 0.326 e. The molecule has 1 atom stereocenters. The maximum atomic E-state index is 12.4. The topological polar surface area (TPSA) is 103 Å². The van der Waals surface area contributed by atoms with Gasteiger partial charge in [-0.25, -0.2) is 4.79 Å². The Balaban J connectivity index is 1.43. The molecule has 28 heavy (non-hydrogen) atoms. The fraction of sp³-hybridized carbons (Fsp3) is 0.190. The highest BCUT2D eigenvalue weighted by Crippen LogP contribution is 2.22. The Bertz CT molecular complexity index is 1070. The van der Waals surface area contributed by atoms with E-state index in [4.69, 9.17) is 0 Å². The van der Waals surface area contributed by atoms with Crippen LogP contribution in [0.4, 0.5) is 0 Å². The summed E-state index contributed by atoms with van der Waals surface area (Å²) in [5.41, 5.74) is 3.18. The van der Waals surface area contributed by atoms with Gasteiger partial charge in [-0.1, -0.05) is 36.4 Å². The minimum Gasteiger partial charge on any atom is -0.480 e. The van der Waals surface area contributed by atoms with Crippen LogP contribution in [0.25, 0.3) is 10.9 Å². The number of carbonyl (C=O) groups is 3. The first-order valence-electron chi connectivity index (χ1n) is 8.97. The summed E-state index contributed by atoms with van der Waals surface area (Å²) in [6, 6.07) is 13.7. The van der Waals surface area contributed by atoms with Crippen molar-refractivity contribution in [3.8, 4) is 0 Å². The highest BCUT2D eigenvalue weighted by atomic mass is 16.4. The Hall–Kier alpha value is -3.61. The molecule has 0 unspecified atom stereocenters. The maximum absolute atomic E-state index is 12.4. The summed E-state index contributed by atoms with van der Waals surface area (Å²) in [4.78, 5) is 41.0. The Morgan fingerprint density at radius 1 is 1.14 bits per heavy atom. The summed E-state index contributed by atoms with van der Waals surface area (Å²) in [5.74, 6) is -1.82. The van der Waals surface area contributed by atoms with E-state index in [0.717, 1.165) is 22.0 Å². The van der Waals surface area contributed by atoms with E-state index in [1.165, 1.54) is 4.90 Å². The smallest absolute Gasteiger partial charge is 0.326 e. The van der Waals surface area contributed by atoms with Crippen molar-refractivity contribution in [3.63, 3.8) is 0 Å². The van der Waals surface area contributed by atoms with Crippen LogP contribution in [-0.2, 0) is 22.6 Å². The second-order valence-corrected chi connectivity index (χ2v) is 6.84. The van der Waals surface area contributed by atoms with Gasteiger partial charge in [0.15, 0.2) is 0 Å². The number of carboxylic acid groups (broad SMARTS) is 1. The van der Waals surface area contributed by atoms with Gasteiger partial charge in [-0.15, -0.1) is 0 Å². The number of hydrogen-bond acceptors (Lipinski definition) is 3. The first-order chi connectivity index (χ1) is 13.5. The molecule has 1 aromatic heterocycles. The zero-order chi connectivity index (χ0) is 19.7. The first-order valence-corrected chi connectivity index (χ1v) is 8.97. The molecule has 3 aromatic rings. The average Bonchev–Trinajstić information content (AvgIpc) is 3.23. The number of nitrogens with zero attached hydrogens (tertiary/aromatic N) is 1. The molecule has 1 aliphatic rings. The van der Waals surface area contributed by atoms with Gasteiger partial charge in [0.1, 0.15) is 12.6 Å². The van der Waals surface area contributed by atoms with E-state index < -0.39 is 17.9 Å². The number of nitrogens with one attached hydrogen (secondary N) is 2. The third kappa shape index (κ3) is 3.34. The fourth-order valence-corrected chi connectivity index (χ4v) is 3.58. The molecule has 0 radical (unpaired) electrons. The summed E-state index contributed by atoms with van der Waals surface area (Å²) < 4.78 is 0. The van der Waals surface area contributed by atoms with Crippen LogP contribution in [0, 0.1) is 0 Å². The summed E-state index contributed by atoms with van der Waals surface area (Å²) in [6.45, 7) is 0.174. The van der Waals surface area contributed by atoms with Crippen molar-refractivity contribution in [2.45, 2.75) is 19.0 Å². The van der Waals surface area contributed by atoms with E-state index in [9.17, 15) is 19.5 Å². The first kappa shape index (κ1) is 17.8. The second kappa shape index (κ2) is 7.19. The van der Waals surface area contributed by atoms with Crippen LogP contribution < -0.4 is 5.32 Å². The number of aromatic nitrogens is 1. The van der Waals surface area contributed by atoms with Crippen molar-refractivity contribution in [2.75, 3.05) is 6.54 Å². The molecule has 0 bridgehead atoms. The van der Waals surface area contributed by atoms with Gasteiger partial charge < -0.3 is 20.3 Å². The molecule has 0 spiro atoms. The summed E-state index contributed by atoms with van der Waals surface area (Å²) in [6.07, 6.45) is 1.91. The van der Waals surface area contributed by atoms with Gasteiger partial charge in [0.2, 0.25) is 5.91 Å². The van der Waals surface area contributed by atoms with Crippen LogP contribution in [0.15, 0.2) is 54.7 Å². The zero-order valence-electron chi connectivity index (χ0n) is 15.0. The number of aliphatic carboxylic acids is 1. The molecule has 2 aromatic carbocycles. The van der Waals surface area contributed by atoms with Crippen LogP contribution in [0.5, 0.6) is 0 Å². The van der Waals surface area contributed by atoms with Crippen molar-refractivity contribution in [2.24, 2.45) is 0 Å². The lowest BCUT2D eigenvalue weighted by atomic mass is 10.0. The van der Waals surface area contributed by atoms with Gasteiger partial charge in [0.25, 0.3) is 5.91 Å². The van der Waals surface area contributed by atoms with Gasteiger partial charge in [-0.05, 0) is 23.3 Å². The lowest BCUT2D eigenvalue weighted by Gasteiger charge is -2.18. The molecule has 1 aliphatic heterocycles. The lowest BCUT2D eigenvalue weighted by Crippen LogP contribution is -2.46. The van der Waals surface area contributed by atoms with E-state index in [2.05, 4.69) is 10.3 Å². The van der Waals surface area contributed by atoms with Gasteiger partial charge in [-0.3, -0.25) is 9.59 Å². The van der Waals surface area contributed by atoms with E-state index >= 15 is 0 Å². The molecule has 0 aliphatic carbocycles. The third-order valence-corrected chi connectivity index (χ3v) is 4.96. The largest absolute Gasteiger partial charge is 0.480 e. The van der Waals surface area contributed by atoms with Crippen molar-refractivity contribution in [1.82, 2.24) is 15.2 Å². The molecule has 7 heteroatoms. The van der Waals surface area contributed by atoms with Crippen molar-refractivity contribution in [3.05, 3.63) is 71.4 Å². The van der Waals surface area contributed by atoms with Crippen molar-refractivity contribution >= 4 is 28.7 Å². The van der Waals surface area contributed by atoms with Gasteiger partial charge >= 0.3 is 5.97 Å². The number of fused-ring (bicyclic) bond motifs is 2. The number of para-hydroxylation sites is 1. The number of H-pyrrole nitrogens is 1.